The summed E-state index contributed by atoms with van der Waals surface area (Å²) in [5.41, 5.74) is 5.54. The van der Waals surface area contributed by atoms with E-state index in [4.69, 9.17) is 9.72 Å². The number of fused-ring (bicyclic) bond motifs is 1. The van der Waals surface area contributed by atoms with Crippen LogP contribution in [0, 0.1) is 5.92 Å². The van der Waals surface area contributed by atoms with Crippen molar-refractivity contribution >= 4 is 34.9 Å². The number of allylic oxidation sites excluding steroid dienone is 4. The van der Waals surface area contributed by atoms with E-state index in [1.54, 1.807) is 9.42 Å². The molecule has 1 aromatic carbocycles. The summed E-state index contributed by atoms with van der Waals surface area (Å²) in [5.74, 6) is 0.976. The van der Waals surface area contributed by atoms with Gasteiger partial charge in [0.15, 0.2) is 5.65 Å². The van der Waals surface area contributed by atoms with E-state index in [1.165, 1.54) is 5.57 Å². The van der Waals surface area contributed by atoms with Gasteiger partial charge in [-0.2, -0.15) is 4.98 Å². The largest absolute Gasteiger partial charge is 0.450 e. The van der Waals surface area contributed by atoms with Gasteiger partial charge in [-0.1, -0.05) is 43.4 Å². The lowest BCUT2D eigenvalue weighted by molar-refractivity contribution is 0.0757. The highest BCUT2D eigenvalue weighted by atomic mass is 16.6. The van der Waals surface area contributed by atoms with Crippen LogP contribution >= 0.6 is 0 Å². The molecule has 3 aliphatic rings. The number of ether oxygens (including phenoxy) is 1. The standard InChI is InChI=1S/C34H38N6O3/c1-3-24-8-5-9-26(13-12-24)30-11-7-20-39(30)32(41)27-14-16-28(17-15-27)35-33-36-31-29(10-6-21-40(31)37-33)25-18-22-38(23-19-25)34(42)43-4-2/h5-6,8-10,12-18,21,24,30H,3-4,7,11,19-20,22-23H2,1-2H3,(H,35,37)/t24-,30?/m0/s1. The summed E-state index contributed by atoms with van der Waals surface area (Å²) in [6, 6.07) is 11.6. The number of pyridine rings is 1. The molecule has 0 saturated carbocycles. The van der Waals surface area contributed by atoms with Gasteiger partial charge in [0.25, 0.3) is 5.91 Å². The molecule has 1 aliphatic carbocycles. The summed E-state index contributed by atoms with van der Waals surface area (Å²) >= 11 is 0. The molecule has 1 saturated heterocycles. The number of rotatable bonds is 7. The number of benzene rings is 1. The fourth-order valence-electron chi connectivity index (χ4n) is 6.01. The Morgan fingerprint density at radius 3 is 2.72 bits per heavy atom. The summed E-state index contributed by atoms with van der Waals surface area (Å²) in [5, 5.41) is 7.91. The second-order valence-electron chi connectivity index (χ2n) is 11.1. The molecule has 0 radical (unpaired) electrons. The third-order valence-electron chi connectivity index (χ3n) is 8.38. The maximum atomic E-state index is 13.5. The molecule has 1 fully saturated rings. The van der Waals surface area contributed by atoms with Crippen molar-refractivity contribution in [3.63, 3.8) is 0 Å². The molecule has 2 aliphatic heterocycles. The summed E-state index contributed by atoms with van der Waals surface area (Å²) in [4.78, 5) is 34.1. The zero-order valence-electron chi connectivity index (χ0n) is 24.8. The maximum absolute atomic E-state index is 13.5. The summed E-state index contributed by atoms with van der Waals surface area (Å²) in [7, 11) is 0. The molecule has 0 spiro atoms. The fourth-order valence-corrected chi connectivity index (χ4v) is 6.01. The minimum absolute atomic E-state index is 0.0568. The van der Waals surface area contributed by atoms with Crippen LogP contribution in [0.5, 0.6) is 0 Å². The Bertz CT molecular complexity index is 1620. The smallest absolute Gasteiger partial charge is 0.410 e. The first-order valence-corrected chi connectivity index (χ1v) is 15.2. The molecule has 4 heterocycles. The number of carbonyl (C=O) groups is 2. The van der Waals surface area contributed by atoms with Crippen LogP contribution in [0.1, 0.15) is 55.5 Å². The number of hydrogen-bond donors (Lipinski definition) is 1. The lowest BCUT2D eigenvalue weighted by Gasteiger charge is -2.26. The molecule has 222 valence electrons. The van der Waals surface area contributed by atoms with E-state index >= 15 is 0 Å². The van der Waals surface area contributed by atoms with Gasteiger partial charge < -0.3 is 19.9 Å². The Labute approximate surface area is 252 Å². The molecule has 3 aromatic rings. The molecule has 1 unspecified atom stereocenters. The summed E-state index contributed by atoms with van der Waals surface area (Å²) in [6.07, 6.45) is 18.4. The molecule has 9 nitrogen and oxygen atoms in total. The van der Waals surface area contributed by atoms with Gasteiger partial charge in [-0.15, -0.1) is 5.10 Å². The molecule has 6 rings (SSSR count). The fraction of sp³-hybridized carbons (Fsp3) is 0.353. The molecular formula is C34H38N6O3. The van der Waals surface area contributed by atoms with Crippen LogP contribution in [-0.2, 0) is 4.74 Å². The van der Waals surface area contributed by atoms with Crippen LogP contribution in [0.15, 0.2) is 84.6 Å². The first-order chi connectivity index (χ1) is 21.0. The molecule has 0 bridgehead atoms. The second kappa shape index (κ2) is 12.7. The number of anilines is 2. The number of nitrogens with zero attached hydrogens (tertiary/aromatic N) is 5. The van der Waals surface area contributed by atoms with Gasteiger partial charge in [0, 0.05) is 42.6 Å². The SMILES string of the molecule is CCOC(=O)N1CC=C(c2cccn3nc(Nc4ccc(C(=O)N5CCCC5C5=CC=C[C@H](CC)C=C5)cc4)nc23)CC1. The Morgan fingerprint density at radius 1 is 1.09 bits per heavy atom. The van der Waals surface area contributed by atoms with Crippen molar-refractivity contribution in [2.24, 2.45) is 5.92 Å². The van der Waals surface area contributed by atoms with Crippen LogP contribution in [0.25, 0.3) is 11.2 Å². The van der Waals surface area contributed by atoms with Crippen molar-refractivity contribution in [2.45, 2.75) is 45.6 Å². The van der Waals surface area contributed by atoms with Gasteiger partial charge in [0.1, 0.15) is 0 Å². The van der Waals surface area contributed by atoms with Crippen LogP contribution < -0.4 is 5.32 Å². The third kappa shape index (κ3) is 6.11. The first kappa shape index (κ1) is 28.5. The monoisotopic (exact) mass is 578 g/mol. The van der Waals surface area contributed by atoms with E-state index in [2.05, 4.69) is 53.8 Å². The average Bonchev–Trinajstić information content (AvgIpc) is 3.62. The van der Waals surface area contributed by atoms with Crippen molar-refractivity contribution in [3.05, 3.63) is 95.8 Å². The predicted molar refractivity (Wildman–Crippen MR) is 168 cm³/mol. The van der Waals surface area contributed by atoms with Gasteiger partial charge in [-0.05, 0) is 86.1 Å². The van der Waals surface area contributed by atoms with E-state index in [-0.39, 0.29) is 18.0 Å². The first-order valence-electron chi connectivity index (χ1n) is 15.2. The number of amides is 2. The Morgan fingerprint density at radius 2 is 1.95 bits per heavy atom. The molecule has 2 aromatic heterocycles. The van der Waals surface area contributed by atoms with Crippen LogP contribution in [0.3, 0.4) is 0 Å². The summed E-state index contributed by atoms with van der Waals surface area (Å²) < 4.78 is 6.89. The highest BCUT2D eigenvalue weighted by Gasteiger charge is 2.31. The van der Waals surface area contributed by atoms with E-state index < -0.39 is 0 Å². The zero-order chi connectivity index (χ0) is 29.8. The maximum Gasteiger partial charge on any atom is 0.410 e. The van der Waals surface area contributed by atoms with Crippen molar-refractivity contribution in [1.82, 2.24) is 24.4 Å². The van der Waals surface area contributed by atoms with Gasteiger partial charge >= 0.3 is 6.09 Å². The van der Waals surface area contributed by atoms with Gasteiger partial charge in [-0.25, -0.2) is 9.31 Å². The van der Waals surface area contributed by atoms with Gasteiger partial charge in [0.05, 0.1) is 12.6 Å². The molecule has 1 N–H and O–H groups in total. The second-order valence-corrected chi connectivity index (χ2v) is 11.1. The molecule has 43 heavy (non-hydrogen) atoms. The lowest BCUT2D eigenvalue weighted by atomic mass is 10.0. The summed E-state index contributed by atoms with van der Waals surface area (Å²) in [6.45, 7) is 6.23. The van der Waals surface area contributed by atoms with E-state index in [1.807, 2.05) is 54.4 Å². The van der Waals surface area contributed by atoms with Crippen molar-refractivity contribution in [1.29, 1.82) is 0 Å². The third-order valence-corrected chi connectivity index (χ3v) is 8.38. The van der Waals surface area contributed by atoms with Crippen molar-refractivity contribution in [2.75, 3.05) is 31.6 Å². The minimum Gasteiger partial charge on any atom is -0.450 e. The average molecular weight is 579 g/mol. The highest BCUT2D eigenvalue weighted by molar-refractivity contribution is 5.95. The van der Waals surface area contributed by atoms with E-state index in [0.29, 0.717) is 43.5 Å². The minimum atomic E-state index is -0.283. The van der Waals surface area contributed by atoms with Crippen molar-refractivity contribution < 1.29 is 14.3 Å². The highest BCUT2D eigenvalue weighted by Crippen LogP contribution is 2.30. The van der Waals surface area contributed by atoms with Gasteiger partial charge in [0.2, 0.25) is 5.95 Å². The number of likely N-dealkylation sites (tertiary alicyclic amines) is 1. The zero-order valence-corrected chi connectivity index (χ0v) is 24.8. The Balaban J connectivity index is 1.14. The number of nitrogens with one attached hydrogen (secondary N) is 1. The number of aromatic nitrogens is 3. The van der Waals surface area contributed by atoms with E-state index in [0.717, 1.165) is 48.3 Å². The quantitative estimate of drug-likeness (QED) is 0.349. The van der Waals surface area contributed by atoms with Crippen LogP contribution in [0.2, 0.25) is 0 Å². The van der Waals surface area contributed by atoms with Crippen LogP contribution in [-0.4, -0.2) is 68.7 Å². The number of hydrogen-bond acceptors (Lipinski definition) is 6. The van der Waals surface area contributed by atoms with E-state index in [9.17, 15) is 9.59 Å². The lowest BCUT2D eigenvalue weighted by Crippen LogP contribution is -2.36. The van der Waals surface area contributed by atoms with Gasteiger partial charge in [-0.3, -0.25) is 4.79 Å². The number of carbonyl (C=O) groups excluding carboxylic acids is 2. The normalized spacial score (nSPS) is 20.1. The molecular weight excluding hydrogens is 540 g/mol. The predicted octanol–water partition coefficient (Wildman–Crippen LogP) is 6.40. The molecule has 9 heteroatoms. The van der Waals surface area contributed by atoms with Crippen molar-refractivity contribution in [3.8, 4) is 0 Å². The topological polar surface area (TPSA) is 92.1 Å². The van der Waals surface area contributed by atoms with Crippen LogP contribution in [0.4, 0.5) is 16.4 Å². The Hall–Kier alpha value is -4.66. The Kier molecular flexibility index (Phi) is 8.40. The molecule has 2 amide bonds. The molecule has 2 atom stereocenters.